The molecule has 0 atom stereocenters. The number of morpholine rings is 1. The minimum atomic E-state index is -0.538. The molecule has 0 saturated carbocycles. The number of benzene rings is 3. The summed E-state index contributed by atoms with van der Waals surface area (Å²) in [4.78, 5) is 42.2. The third-order valence-corrected chi connectivity index (χ3v) is 8.38. The minimum Gasteiger partial charge on any atom is -0.490 e. The van der Waals surface area contributed by atoms with E-state index in [1.807, 2.05) is 37.3 Å². The van der Waals surface area contributed by atoms with Crippen LogP contribution in [-0.2, 0) is 20.9 Å². The Morgan fingerprint density at radius 2 is 1.84 bits per heavy atom. The van der Waals surface area contributed by atoms with Crippen molar-refractivity contribution in [2.45, 2.75) is 13.5 Å². The molecule has 3 amide bonds. The number of imide groups is 1. The van der Waals surface area contributed by atoms with E-state index in [1.165, 1.54) is 0 Å². The number of amides is 3. The molecule has 0 radical (unpaired) electrons. The molecule has 0 aromatic heterocycles. The van der Waals surface area contributed by atoms with E-state index in [1.54, 1.807) is 36.4 Å². The number of rotatable bonds is 10. The van der Waals surface area contributed by atoms with Gasteiger partial charge in [-0.3, -0.25) is 19.3 Å². The highest BCUT2D eigenvalue weighted by Crippen LogP contribution is 2.40. The summed E-state index contributed by atoms with van der Waals surface area (Å²) in [5.74, 6) is -0.0118. The second-order valence-electron chi connectivity index (χ2n) is 9.61. The van der Waals surface area contributed by atoms with Gasteiger partial charge in [-0.05, 0) is 88.2 Å². The van der Waals surface area contributed by atoms with E-state index in [0.29, 0.717) is 71.8 Å². The molecule has 9 nitrogen and oxygen atoms in total. The normalized spacial score (nSPS) is 16.1. The molecule has 0 bridgehead atoms. The zero-order valence-corrected chi connectivity index (χ0v) is 26.5. The molecule has 12 heteroatoms. The van der Waals surface area contributed by atoms with Crippen molar-refractivity contribution in [2.24, 2.45) is 0 Å². The highest BCUT2D eigenvalue weighted by molar-refractivity contribution is 9.10. The Kier molecular flexibility index (Phi) is 10.3. The number of hydrogen-bond acceptors (Lipinski definition) is 8. The number of para-hydroxylation sites is 2. The van der Waals surface area contributed by atoms with Gasteiger partial charge in [0, 0.05) is 18.1 Å². The molecule has 2 saturated heterocycles. The molecule has 224 valence electrons. The lowest BCUT2D eigenvalue weighted by Gasteiger charge is -2.30. The van der Waals surface area contributed by atoms with Gasteiger partial charge in [-0.15, -0.1) is 0 Å². The first-order valence-electron chi connectivity index (χ1n) is 13.6. The Balaban J connectivity index is 1.28. The summed E-state index contributed by atoms with van der Waals surface area (Å²) >= 11 is 10.3. The Hall–Kier alpha value is -3.51. The third-order valence-electron chi connectivity index (χ3n) is 6.63. The molecule has 3 aromatic rings. The zero-order chi connectivity index (χ0) is 30.3. The standard InChI is InChI=1S/C31H29BrClN3O6S/c1-2-41-26-16-21(15-23(32)29(26)42-19-20-7-9-22(33)10-8-20)17-27-30(38)36(31(39)43-27)18-28(37)34-24-5-3-4-6-25(24)35-11-13-40-14-12-35/h3-10,15-17H,2,11-14,18-19H2,1H3,(H,34,37)/b27-17+. The molecule has 3 aromatic carbocycles. The monoisotopic (exact) mass is 685 g/mol. The lowest BCUT2D eigenvalue weighted by molar-refractivity contribution is -0.127. The predicted octanol–water partition coefficient (Wildman–Crippen LogP) is 6.59. The van der Waals surface area contributed by atoms with Crippen LogP contribution in [0, 0.1) is 0 Å². The smallest absolute Gasteiger partial charge is 0.294 e. The summed E-state index contributed by atoms with van der Waals surface area (Å²) in [7, 11) is 0. The van der Waals surface area contributed by atoms with Crippen LogP contribution in [0.25, 0.3) is 6.08 Å². The minimum absolute atomic E-state index is 0.204. The maximum Gasteiger partial charge on any atom is 0.294 e. The molecule has 2 fully saturated rings. The summed E-state index contributed by atoms with van der Waals surface area (Å²) in [5, 5.41) is 2.99. The van der Waals surface area contributed by atoms with Crippen molar-refractivity contribution in [3.8, 4) is 11.5 Å². The number of nitrogens with one attached hydrogen (secondary N) is 1. The lowest BCUT2D eigenvalue weighted by Crippen LogP contribution is -2.38. The molecule has 0 unspecified atom stereocenters. The number of ether oxygens (including phenoxy) is 3. The molecule has 2 heterocycles. The summed E-state index contributed by atoms with van der Waals surface area (Å²) in [6.45, 7) is 4.78. The molecule has 0 spiro atoms. The topological polar surface area (TPSA) is 97.4 Å². The van der Waals surface area contributed by atoms with Gasteiger partial charge in [-0.2, -0.15) is 0 Å². The van der Waals surface area contributed by atoms with Crippen molar-refractivity contribution >= 4 is 73.8 Å². The Morgan fingerprint density at radius 3 is 2.58 bits per heavy atom. The number of hydrogen-bond donors (Lipinski definition) is 1. The Labute approximate surface area is 267 Å². The molecular weight excluding hydrogens is 658 g/mol. The van der Waals surface area contributed by atoms with Gasteiger partial charge in [0.05, 0.1) is 40.6 Å². The Bertz CT molecular complexity index is 1540. The van der Waals surface area contributed by atoms with E-state index in [9.17, 15) is 14.4 Å². The summed E-state index contributed by atoms with van der Waals surface area (Å²) in [6.07, 6.45) is 1.60. The van der Waals surface area contributed by atoms with Crippen LogP contribution < -0.4 is 19.7 Å². The number of thioether (sulfide) groups is 1. The van der Waals surface area contributed by atoms with Gasteiger partial charge in [0.2, 0.25) is 5.91 Å². The second-order valence-corrected chi connectivity index (χ2v) is 11.9. The molecule has 2 aliphatic rings. The van der Waals surface area contributed by atoms with E-state index in [0.717, 1.165) is 27.9 Å². The van der Waals surface area contributed by atoms with Crippen LogP contribution in [0.5, 0.6) is 11.5 Å². The van der Waals surface area contributed by atoms with E-state index in [-0.39, 0.29) is 4.91 Å². The van der Waals surface area contributed by atoms with E-state index in [4.69, 9.17) is 25.8 Å². The third kappa shape index (κ3) is 7.72. The van der Waals surface area contributed by atoms with Gasteiger partial charge in [0.1, 0.15) is 13.2 Å². The average Bonchev–Trinajstić information content (AvgIpc) is 3.25. The highest BCUT2D eigenvalue weighted by atomic mass is 79.9. The van der Waals surface area contributed by atoms with Gasteiger partial charge in [0.25, 0.3) is 11.1 Å². The van der Waals surface area contributed by atoms with Crippen molar-refractivity contribution in [3.05, 3.63) is 86.2 Å². The average molecular weight is 687 g/mol. The van der Waals surface area contributed by atoms with Gasteiger partial charge < -0.3 is 24.4 Å². The molecule has 5 rings (SSSR count). The predicted molar refractivity (Wildman–Crippen MR) is 172 cm³/mol. The van der Waals surface area contributed by atoms with Gasteiger partial charge >= 0.3 is 0 Å². The molecule has 0 aliphatic carbocycles. The molecule has 2 aliphatic heterocycles. The van der Waals surface area contributed by atoms with Crippen molar-refractivity contribution in [1.29, 1.82) is 0 Å². The van der Waals surface area contributed by atoms with Crippen molar-refractivity contribution in [1.82, 2.24) is 4.90 Å². The van der Waals surface area contributed by atoms with Gasteiger partial charge in [-0.1, -0.05) is 35.9 Å². The molecule has 43 heavy (non-hydrogen) atoms. The van der Waals surface area contributed by atoms with E-state index < -0.39 is 23.6 Å². The van der Waals surface area contributed by atoms with Crippen LogP contribution in [0.15, 0.2) is 70.0 Å². The fraction of sp³-hybridized carbons (Fsp3) is 0.258. The van der Waals surface area contributed by atoms with Gasteiger partial charge in [0.15, 0.2) is 11.5 Å². The number of halogens is 2. The van der Waals surface area contributed by atoms with Crippen LogP contribution in [0.1, 0.15) is 18.1 Å². The molecule has 1 N–H and O–H groups in total. The van der Waals surface area contributed by atoms with E-state index in [2.05, 4.69) is 26.1 Å². The van der Waals surface area contributed by atoms with Crippen molar-refractivity contribution < 1.29 is 28.6 Å². The zero-order valence-electron chi connectivity index (χ0n) is 23.3. The van der Waals surface area contributed by atoms with Crippen molar-refractivity contribution in [2.75, 3.05) is 49.7 Å². The first-order valence-corrected chi connectivity index (χ1v) is 15.6. The van der Waals surface area contributed by atoms with Crippen LogP contribution >= 0.6 is 39.3 Å². The largest absolute Gasteiger partial charge is 0.490 e. The summed E-state index contributed by atoms with van der Waals surface area (Å²) in [6, 6.07) is 18.3. The maximum absolute atomic E-state index is 13.2. The number of carbonyl (C=O) groups is 3. The van der Waals surface area contributed by atoms with Crippen LogP contribution in [0.3, 0.4) is 0 Å². The van der Waals surface area contributed by atoms with Crippen LogP contribution in [0.4, 0.5) is 16.2 Å². The lowest BCUT2D eigenvalue weighted by atomic mass is 10.1. The fourth-order valence-electron chi connectivity index (χ4n) is 4.59. The fourth-order valence-corrected chi connectivity index (χ4v) is 6.13. The first kappa shape index (κ1) is 30.9. The highest BCUT2D eigenvalue weighted by Gasteiger charge is 2.36. The molecular formula is C31H29BrClN3O6S. The summed E-state index contributed by atoms with van der Waals surface area (Å²) < 4.78 is 17.9. The second kappa shape index (κ2) is 14.3. The first-order chi connectivity index (χ1) is 20.8. The van der Waals surface area contributed by atoms with Crippen LogP contribution in [0.2, 0.25) is 5.02 Å². The summed E-state index contributed by atoms with van der Waals surface area (Å²) in [5.41, 5.74) is 3.04. The van der Waals surface area contributed by atoms with E-state index >= 15 is 0 Å². The number of anilines is 2. The maximum atomic E-state index is 13.2. The quantitative estimate of drug-likeness (QED) is 0.239. The van der Waals surface area contributed by atoms with Crippen molar-refractivity contribution in [3.63, 3.8) is 0 Å². The van der Waals surface area contributed by atoms with Gasteiger partial charge in [-0.25, -0.2) is 0 Å². The SMILES string of the molecule is CCOc1cc(/C=C2/SC(=O)N(CC(=O)Nc3ccccc3N3CCOCC3)C2=O)cc(Br)c1OCc1ccc(Cl)cc1. The number of nitrogens with zero attached hydrogens (tertiary/aromatic N) is 2. The van der Waals surface area contributed by atoms with Crippen LogP contribution in [-0.4, -0.2) is 61.4 Å². The number of carbonyl (C=O) groups excluding carboxylic acids is 3. The Morgan fingerprint density at radius 1 is 1.09 bits per heavy atom.